The summed E-state index contributed by atoms with van der Waals surface area (Å²) >= 11 is 0. The minimum Gasteiger partial charge on any atom is -0.369 e. The minimum absolute atomic E-state index is 0.0704. The highest BCUT2D eigenvalue weighted by Crippen LogP contribution is 2.19. The van der Waals surface area contributed by atoms with E-state index in [2.05, 4.69) is 32.9 Å². The van der Waals surface area contributed by atoms with Gasteiger partial charge in [0.2, 0.25) is 5.91 Å². The highest BCUT2D eigenvalue weighted by atomic mass is 16.2. The summed E-state index contributed by atoms with van der Waals surface area (Å²) < 4.78 is 0. The average molecular weight is 272 g/mol. The van der Waals surface area contributed by atoms with Gasteiger partial charge in [-0.05, 0) is 18.6 Å². The van der Waals surface area contributed by atoms with Crippen LogP contribution in [0.1, 0.15) is 12.8 Å². The zero-order chi connectivity index (χ0) is 13.9. The normalized spacial score (nSPS) is 21.6. The Bertz CT molecular complexity index is 556. The second-order valence-corrected chi connectivity index (χ2v) is 5.01. The number of carbonyl (C=O) groups is 2. The second-order valence-electron chi connectivity index (χ2n) is 5.01. The molecule has 0 radical (unpaired) electrons. The third-order valence-corrected chi connectivity index (χ3v) is 3.55. The van der Waals surface area contributed by atoms with Crippen LogP contribution >= 0.6 is 0 Å². The van der Waals surface area contributed by atoms with Gasteiger partial charge in [-0.3, -0.25) is 9.59 Å². The van der Waals surface area contributed by atoms with Crippen molar-refractivity contribution in [3.63, 3.8) is 0 Å². The molecule has 0 spiro atoms. The highest BCUT2D eigenvalue weighted by molar-refractivity contribution is 6.43. The monoisotopic (exact) mass is 272 g/mol. The van der Waals surface area contributed by atoms with E-state index in [4.69, 9.17) is 0 Å². The van der Waals surface area contributed by atoms with Crippen LogP contribution in [0.5, 0.6) is 0 Å². The second kappa shape index (κ2) is 5.32. The van der Waals surface area contributed by atoms with Crippen molar-refractivity contribution in [2.24, 2.45) is 5.10 Å². The summed E-state index contributed by atoms with van der Waals surface area (Å²) in [4.78, 5) is 25.2. The van der Waals surface area contributed by atoms with Gasteiger partial charge in [0.25, 0.3) is 5.91 Å². The van der Waals surface area contributed by atoms with E-state index in [0.717, 1.165) is 19.5 Å². The number of nitrogens with zero attached hydrogens (tertiary/aromatic N) is 2. The first-order valence-electron chi connectivity index (χ1n) is 6.68. The molecule has 2 amide bonds. The van der Waals surface area contributed by atoms with Crippen LogP contribution in [0.15, 0.2) is 35.4 Å². The van der Waals surface area contributed by atoms with Gasteiger partial charge in [-0.2, -0.15) is 5.10 Å². The third-order valence-electron chi connectivity index (χ3n) is 3.55. The van der Waals surface area contributed by atoms with E-state index < -0.39 is 0 Å². The number of hydrogen-bond acceptors (Lipinski definition) is 4. The number of nitrogens with one attached hydrogen (secondary N) is 2. The maximum atomic E-state index is 11.9. The van der Waals surface area contributed by atoms with E-state index in [-0.39, 0.29) is 30.0 Å². The molecule has 1 aromatic rings. The van der Waals surface area contributed by atoms with Crippen LogP contribution in [-0.2, 0) is 9.59 Å². The molecule has 2 aliphatic rings. The molecule has 6 heteroatoms. The van der Waals surface area contributed by atoms with Gasteiger partial charge in [-0.25, -0.2) is 5.43 Å². The fourth-order valence-corrected chi connectivity index (χ4v) is 2.51. The van der Waals surface area contributed by atoms with E-state index in [0.29, 0.717) is 0 Å². The zero-order valence-electron chi connectivity index (χ0n) is 11.0. The molecule has 20 heavy (non-hydrogen) atoms. The van der Waals surface area contributed by atoms with Gasteiger partial charge in [0.15, 0.2) is 0 Å². The molecule has 0 bridgehead atoms. The summed E-state index contributed by atoms with van der Waals surface area (Å²) in [6.07, 6.45) is 0.968. The molecule has 3 rings (SSSR count). The van der Waals surface area contributed by atoms with E-state index in [1.807, 2.05) is 18.2 Å². The van der Waals surface area contributed by atoms with Crippen molar-refractivity contribution in [2.45, 2.75) is 18.9 Å². The maximum absolute atomic E-state index is 11.9. The summed E-state index contributed by atoms with van der Waals surface area (Å²) in [7, 11) is 0. The Morgan fingerprint density at radius 2 is 2.15 bits per heavy atom. The number of benzene rings is 1. The largest absolute Gasteiger partial charge is 0.369 e. The zero-order valence-corrected chi connectivity index (χ0v) is 11.0. The van der Waals surface area contributed by atoms with Gasteiger partial charge < -0.3 is 10.2 Å². The fraction of sp³-hybridized carbons (Fsp3) is 0.357. The summed E-state index contributed by atoms with van der Waals surface area (Å²) in [5.41, 5.74) is 3.73. The molecule has 0 aliphatic carbocycles. The van der Waals surface area contributed by atoms with Gasteiger partial charge >= 0.3 is 0 Å². The van der Waals surface area contributed by atoms with Crippen LogP contribution in [-0.4, -0.2) is 36.7 Å². The van der Waals surface area contributed by atoms with E-state index in [1.165, 1.54) is 5.69 Å². The summed E-state index contributed by atoms with van der Waals surface area (Å²) in [5, 5.41) is 6.66. The Morgan fingerprint density at radius 3 is 2.85 bits per heavy atom. The molecule has 104 valence electrons. The van der Waals surface area contributed by atoms with Crippen LogP contribution in [0, 0.1) is 0 Å². The smallest absolute Gasteiger partial charge is 0.268 e. The SMILES string of the molecule is O=C1CC(C(=O)NC2CCN(c3ccccc3)C2)=NN1. The maximum Gasteiger partial charge on any atom is 0.268 e. The number of carbonyl (C=O) groups excluding carboxylic acids is 2. The standard InChI is InChI=1S/C14H16N4O2/c19-13-8-12(16-17-13)14(20)15-10-6-7-18(9-10)11-4-2-1-3-5-11/h1-5,10H,6-9H2,(H,15,20)(H,17,19). The first-order valence-corrected chi connectivity index (χ1v) is 6.68. The Hall–Kier alpha value is -2.37. The van der Waals surface area contributed by atoms with E-state index in [9.17, 15) is 9.59 Å². The predicted octanol–water partition coefficient (Wildman–Crippen LogP) is 0.257. The van der Waals surface area contributed by atoms with Crippen LogP contribution in [0.4, 0.5) is 5.69 Å². The van der Waals surface area contributed by atoms with Gasteiger partial charge in [-0.15, -0.1) is 0 Å². The van der Waals surface area contributed by atoms with Crippen LogP contribution in [0.25, 0.3) is 0 Å². The number of rotatable bonds is 3. The predicted molar refractivity (Wildman–Crippen MR) is 75.4 cm³/mol. The van der Waals surface area contributed by atoms with Crippen molar-refractivity contribution in [3.05, 3.63) is 30.3 Å². The Kier molecular flexibility index (Phi) is 3.37. The Balaban J connectivity index is 1.56. The third kappa shape index (κ3) is 2.64. The van der Waals surface area contributed by atoms with Crippen LogP contribution < -0.4 is 15.6 Å². The lowest BCUT2D eigenvalue weighted by Gasteiger charge is -2.18. The molecule has 1 unspecified atom stereocenters. The van der Waals surface area contributed by atoms with Crippen molar-refractivity contribution >= 4 is 23.2 Å². The van der Waals surface area contributed by atoms with Crippen LogP contribution in [0.2, 0.25) is 0 Å². The van der Waals surface area contributed by atoms with Crippen molar-refractivity contribution in [1.29, 1.82) is 0 Å². The topological polar surface area (TPSA) is 73.8 Å². The molecule has 1 aromatic carbocycles. The Labute approximate surface area is 116 Å². The van der Waals surface area contributed by atoms with Crippen molar-refractivity contribution in [2.75, 3.05) is 18.0 Å². The lowest BCUT2D eigenvalue weighted by atomic mass is 10.2. The molecule has 1 saturated heterocycles. The average Bonchev–Trinajstić information content (AvgIpc) is 3.09. The van der Waals surface area contributed by atoms with Crippen LogP contribution in [0.3, 0.4) is 0 Å². The molecule has 0 saturated carbocycles. The Morgan fingerprint density at radius 1 is 1.35 bits per heavy atom. The summed E-state index contributed by atoms with van der Waals surface area (Å²) in [6, 6.07) is 10.2. The first kappa shape index (κ1) is 12.7. The first-order chi connectivity index (χ1) is 9.72. The molecule has 2 aliphatic heterocycles. The number of para-hydroxylation sites is 1. The molecule has 0 aromatic heterocycles. The number of hydrazone groups is 1. The summed E-state index contributed by atoms with van der Waals surface area (Å²) in [5.74, 6) is -0.476. The summed E-state index contributed by atoms with van der Waals surface area (Å²) in [6.45, 7) is 1.70. The number of hydrogen-bond donors (Lipinski definition) is 2. The molecule has 1 fully saturated rings. The van der Waals surface area contributed by atoms with Crippen molar-refractivity contribution in [1.82, 2.24) is 10.7 Å². The molecule has 2 N–H and O–H groups in total. The molecular weight excluding hydrogens is 256 g/mol. The van der Waals surface area contributed by atoms with Gasteiger partial charge in [0, 0.05) is 24.8 Å². The lowest BCUT2D eigenvalue weighted by Crippen LogP contribution is -2.40. The van der Waals surface area contributed by atoms with Gasteiger partial charge in [0.1, 0.15) is 5.71 Å². The molecule has 1 atom stereocenters. The minimum atomic E-state index is -0.247. The van der Waals surface area contributed by atoms with E-state index in [1.54, 1.807) is 0 Å². The van der Waals surface area contributed by atoms with Crippen molar-refractivity contribution in [3.8, 4) is 0 Å². The fourth-order valence-electron chi connectivity index (χ4n) is 2.51. The molecule has 2 heterocycles. The number of anilines is 1. The van der Waals surface area contributed by atoms with Crippen molar-refractivity contribution < 1.29 is 9.59 Å². The number of amides is 2. The van der Waals surface area contributed by atoms with Gasteiger partial charge in [-0.1, -0.05) is 18.2 Å². The lowest BCUT2D eigenvalue weighted by molar-refractivity contribution is -0.120. The molecular formula is C14H16N4O2. The molecule has 6 nitrogen and oxygen atoms in total. The highest BCUT2D eigenvalue weighted by Gasteiger charge is 2.27. The van der Waals surface area contributed by atoms with Gasteiger partial charge in [0.05, 0.1) is 6.42 Å². The quantitative estimate of drug-likeness (QED) is 0.829. The van der Waals surface area contributed by atoms with E-state index >= 15 is 0 Å².